The number of rotatable bonds is 5. The second-order valence-corrected chi connectivity index (χ2v) is 9.45. The number of anilines is 2. The summed E-state index contributed by atoms with van der Waals surface area (Å²) in [5.74, 6) is 2.17. The number of aryl methyl sites for hydroxylation is 2. The Labute approximate surface area is 154 Å². The first-order valence-corrected chi connectivity index (χ1v) is 10.3. The molecule has 8 heteroatoms. The molecule has 0 saturated carbocycles. The quantitative estimate of drug-likeness (QED) is 0.864. The second-order valence-electron chi connectivity index (χ2n) is 6.96. The lowest BCUT2D eigenvalue weighted by molar-refractivity contribution is 0.465. The molecule has 0 radical (unpaired) electrons. The summed E-state index contributed by atoms with van der Waals surface area (Å²) in [6.07, 6.45) is 2.50. The van der Waals surface area contributed by atoms with Gasteiger partial charge in [-0.15, -0.1) is 0 Å². The van der Waals surface area contributed by atoms with Crippen LogP contribution in [-0.2, 0) is 10.0 Å². The monoisotopic (exact) mass is 375 g/mol. The topological polar surface area (TPSA) is 88.1 Å². The molecular weight excluding hydrogens is 350 g/mol. The smallest absolute Gasteiger partial charge is 0.216 e. The van der Waals surface area contributed by atoms with E-state index >= 15 is 0 Å². The van der Waals surface area contributed by atoms with E-state index in [4.69, 9.17) is 0 Å². The van der Waals surface area contributed by atoms with Crippen molar-refractivity contribution in [2.24, 2.45) is 0 Å². The minimum absolute atomic E-state index is 0.0793. The summed E-state index contributed by atoms with van der Waals surface area (Å²) in [5, 5.41) is 2.84. The first kappa shape index (κ1) is 18.7. The molecule has 0 amide bonds. The van der Waals surface area contributed by atoms with Gasteiger partial charge >= 0.3 is 0 Å². The maximum Gasteiger partial charge on any atom is 0.216 e. The van der Waals surface area contributed by atoms with E-state index in [0.717, 1.165) is 23.5 Å². The molecule has 0 aromatic carbocycles. The van der Waals surface area contributed by atoms with E-state index in [2.05, 4.69) is 20.3 Å². The van der Waals surface area contributed by atoms with Crippen molar-refractivity contribution in [2.75, 3.05) is 18.4 Å². The number of aromatic nitrogens is 3. The summed E-state index contributed by atoms with van der Waals surface area (Å²) >= 11 is 0. The largest absolute Gasteiger partial charge is 0.325 e. The molecule has 3 rings (SSSR count). The SMILES string of the molecule is Cc1nc(Nc2ncccc2C)cc(C2CCN(S(=O)(=O)C(C)C)C2)n1. The zero-order valence-electron chi connectivity index (χ0n) is 15.6. The van der Waals surface area contributed by atoms with E-state index in [0.29, 0.717) is 24.7 Å². The van der Waals surface area contributed by atoms with Gasteiger partial charge in [0, 0.05) is 31.3 Å². The van der Waals surface area contributed by atoms with Crippen LogP contribution in [0.3, 0.4) is 0 Å². The van der Waals surface area contributed by atoms with E-state index in [9.17, 15) is 8.42 Å². The average molecular weight is 375 g/mol. The van der Waals surface area contributed by atoms with Gasteiger partial charge in [-0.3, -0.25) is 0 Å². The van der Waals surface area contributed by atoms with Crippen molar-refractivity contribution in [3.8, 4) is 0 Å². The van der Waals surface area contributed by atoms with Gasteiger partial charge in [0.25, 0.3) is 0 Å². The number of pyridine rings is 1. The summed E-state index contributed by atoms with van der Waals surface area (Å²) in [6.45, 7) is 8.27. The summed E-state index contributed by atoms with van der Waals surface area (Å²) in [7, 11) is -3.23. The summed E-state index contributed by atoms with van der Waals surface area (Å²) in [5.41, 5.74) is 1.90. The third-order valence-electron chi connectivity index (χ3n) is 4.64. The maximum atomic E-state index is 12.4. The number of hydrogen-bond donors (Lipinski definition) is 1. The van der Waals surface area contributed by atoms with Gasteiger partial charge in [0.2, 0.25) is 10.0 Å². The predicted octanol–water partition coefficient (Wildman–Crippen LogP) is 2.76. The highest BCUT2D eigenvalue weighted by atomic mass is 32.2. The number of nitrogens with zero attached hydrogens (tertiary/aromatic N) is 4. The molecule has 1 atom stereocenters. The zero-order valence-corrected chi connectivity index (χ0v) is 16.4. The third-order valence-corrected chi connectivity index (χ3v) is 6.88. The number of nitrogens with one attached hydrogen (secondary N) is 1. The van der Waals surface area contributed by atoms with Gasteiger partial charge in [-0.25, -0.2) is 27.7 Å². The predicted molar refractivity (Wildman–Crippen MR) is 102 cm³/mol. The van der Waals surface area contributed by atoms with Crippen LogP contribution in [0, 0.1) is 13.8 Å². The number of sulfonamides is 1. The fourth-order valence-corrected chi connectivity index (χ4v) is 4.44. The Balaban J connectivity index is 1.82. The Bertz CT molecular complexity index is 898. The van der Waals surface area contributed by atoms with E-state index in [1.54, 1.807) is 24.3 Å². The molecule has 7 nitrogen and oxygen atoms in total. The minimum atomic E-state index is -3.23. The molecule has 2 aromatic rings. The van der Waals surface area contributed by atoms with Gasteiger partial charge < -0.3 is 5.32 Å². The molecule has 0 spiro atoms. The van der Waals surface area contributed by atoms with Crippen LogP contribution in [0.2, 0.25) is 0 Å². The molecule has 1 aliphatic heterocycles. The van der Waals surface area contributed by atoms with Gasteiger partial charge in [0.1, 0.15) is 17.5 Å². The fourth-order valence-electron chi connectivity index (χ4n) is 3.10. The zero-order chi connectivity index (χ0) is 18.9. The molecular formula is C18H25N5O2S. The lowest BCUT2D eigenvalue weighted by Crippen LogP contribution is -2.34. The van der Waals surface area contributed by atoms with Crippen molar-refractivity contribution in [3.05, 3.63) is 41.5 Å². The van der Waals surface area contributed by atoms with Gasteiger partial charge in [-0.2, -0.15) is 0 Å². The van der Waals surface area contributed by atoms with Crippen molar-refractivity contribution < 1.29 is 8.42 Å². The highest BCUT2D eigenvalue weighted by Gasteiger charge is 2.34. The Kier molecular flexibility index (Phi) is 5.24. The minimum Gasteiger partial charge on any atom is -0.325 e. The molecule has 1 aliphatic rings. The fraction of sp³-hybridized carbons (Fsp3) is 0.500. The molecule has 1 fully saturated rings. The molecule has 3 heterocycles. The molecule has 1 saturated heterocycles. The van der Waals surface area contributed by atoms with E-state index in [-0.39, 0.29) is 5.92 Å². The van der Waals surface area contributed by atoms with Gasteiger partial charge in [-0.1, -0.05) is 6.07 Å². The second kappa shape index (κ2) is 7.28. The Morgan fingerprint density at radius 2 is 2.04 bits per heavy atom. The van der Waals surface area contributed by atoms with Gasteiger partial charge in [-0.05, 0) is 45.7 Å². The first-order chi connectivity index (χ1) is 12.3. The molecule has 1 N–H and O–H groups in total. The van der Waals surface area contributed by atoms with Gasteiger partial charge in [0.05, 0.1) is 10.9 Å². The van der Waals surface area contributed by atoms with Crippen LogP contribution in [0.4, 0.5) is 11.6 Å². The van der Waals surface area contributed by atoms with Crippen LogP contribution in [0.5, 0.6) is 0 Å². The maximum absolute atomic E-state index is 12.4. The van der Waals surface area contributed by atoms with E-state index in [1.165, 1.54) is 0 Å². The first-order valence-electron chi connectivity index (χ1n) is 8.80. The molecule has 0 bridgehead atoms. The normalized spacial score (nSPS) is 18.4. The van der Waals surface area contributed by atoms with Crippen LogP contribution in [0.1, 0.15) is 43.3 Å². The van der Waals surface area contributed by atoms with Crippen LogP contribution in [0.25, 0.3) is 0 Å². The highest BCUT2D eigenvalue weighted by Crippen LogP contribution is 2.30. The summed E-state index contributed by atoms with van der Waals surface area (Å²) in [4.78, 5) is 13.3. The van der Waals surface area contributed by atoms with Crippen LogP contribution in [-0.4, -0.2) is 46.0 Å². The molecule has 2 aromatic heterocycles. The Morgan fingerprint density at radius 1 is 1.27 bits per heavy atom. The summed E-state index contributed by atoms with van der Waals surface area (Å²) in [6, 6.07) is 5.77. The Morgan fingerprint density at radius 3 is 2.73 bits per heavy atom. The van der Waals surface area contributed by atoms with Crippen LogP contribution >= 0.6 is 0 Å². The van der Waals surface area contributed by atoms with Crippen LogP contribution < -0.4 is 5.32 Å². The Hall–Kier alpha value is -2.06. The van der Waals surface area contributed by atoms with Crippen molar-refractivity contribution >= 4 is 21.7 Å². The van der Waals surface area contributed by atoms with Crippen molar-refractivity contribution in [3.63, 3.8) is 0 Å². The lowest BCUT2D eigenvalue weighted by atomic mass is 10.0. The summed E-state index contributed by atoms with van der Waals surface area (Å²) < 4.78 is 26.4. The molecule has 140 valence electrons. The lowest BCUT2D eigenvalue weighted by Gasteiger charge is -2.19. The molecule has 1 unspecified atom stereocenters. The van der Waals surface area contributed by atoms with Crippen molar-refractivity contribution in [1.82, 2.24) is 19.3 Å². The highest BCUT2D eigenvalue weighted by molar-refractivity contribution is 7.89. The average Bonchev–Trinajstić information content (AvgIpc) is 3.07. The standard InChI is InChI=1S/C18H25N5O2S/c1-12(2)26(24,25)23-9-7-15(11-23)16-10-17(21-14(4)20-16)22-18-13(3)6-5-8-19-18/h5-6,8,10,12,15H,7,9,11H2,1-4H3,(H,19,20,21,22). The van der Waals surface area contributed by atoms with Crippen molar-refractivity contribution in [1.29, 1.82) is 0 Å². The third kappa shape index (κ3) is 3.86. The van der Waals surface area contributed by atoms with Gasteiger partial charge in [0.15, 0.2) is 0 Å². The van der Waals surface area contributed by atoms with Crippen LogP contribution in [0.15, 0.2) is 24.4 Å². The number of hydrogen-bond acceptors (Lipinski definition) is 6. The van der Waals surface area contributed by atoms with Crippen molar-refractivity contribution in [2.45, 2.75) is 45.3 Å². The molecule has 26 heavy (non-hydrogen) atoms. The van der Waals surface area contributed by atoms with E-state index < -0.39 is 15.3 Å². The molecule has 0 aliphatic carbocycles. The van der Waals surface area contributed by atoms with E-state index in [1.807, 2.05) is 32.0 Å².